The predicted molar refractivity (Wildman–Crippen MR) is 155 cm³/mol. The fourth-order valence-corrected chi connectivity index (χ4v) is 4.97. The molecule has 0 aliphatic carbocycles. The number of rotatable bonds is 13. The molecule has 0 fully saturated rings. The summed E-state index contributed by atoms with van der Waals surface area (Å²) in [5.74, 6) is 0.632. The number of thioether (sulfide) groups is 1. The second kappa shape index (κ2) is 15.1. The standard InChI is InChI=1S/C30H34Cl2N2O2S/c1-3-22(2)33-30(36)28(20-23-8-5-4-6-9-23)34(21-24-11-13-25(31)14-12-24)29(35)10-7-19-37-27-17-15-26(32)16-18-27/h4-6,8-9,11-18,22,28H,3,7,10,19-21H2,1-2H3,(H,33,36)/t22-,28+/m0/s1. The summed E-state index contributed by atoms with van der Waals surface area (Å²) in [4.78, 5) is 30.0. The van der Waals surface area contributed by atoms with E-state index in [1.165, 1.54) is 0 Å². The van der Waals surface area contributed by atoms with Gasteiger partial charge in [0.1, 0.15) is 6.04 Å². The number of hydrogen-bond donors (Lipinski definition) is 1. The molecule has 37 heavy (non-hydrogen) atoms. The van der Waals surface area contributed by atoms with Crippen LogP contribution in [0.2, 0.25) is 10.0 Å². The number of hydrogen-bond acceptors (Lipinski definition) is 3. The van der Waals surface area contributed by atoms with Crippen molar-refractivity contribution in [1.82, 2.24) is 10.2 Å². The van der Waals surface area contributed by atoms with Gasteiger partial charge in [0.25, 0.3) is 0 Å². The van der Waals surface area contributed by atoms with Gasteiger partial charge in [-0.1, -0.05) is 72.6 Å². The van der Waals surface area contributed by atoms with Crippen molar-refractivity contribution >= 4 is 46.8 Å². The Morgan fingerprint density at radius 2 is 1.51 bits per heavy atom. The minimum Gasteiger partial charge on any atom is -0.352 e. The summed E-state index contributed by atoms with van der Waals surface area (Å²) >= 11 is 13.8. The largest absolute Gasteiger partial charge is 0.352 e. The maximum absolute atomic E-state index is 13.7. The van der Waals surface area contributed by atoms with Crippen molar-refractivity contribution in [1.29, 1.82) is 0 Å². The molecule has 0 saturated carbocycles. The van der Waals surface area contributed by atoms with Gasteiger partial charge in [-0.05, 0) is 73.0 Å². The number of halogens is 2. The number of carbonyl (C=O) groups is 2. The topological polar surface area (TPSA) is 49.4 Å². The molecule has 0 aliphatic heterocycles. The fourth-order valence-electron chi connectivity index (χ4n) is 3.87. The smallest absolute Gasteiger partial charge is 0.243 e. The van der Waals surface area contributed by atoms with Crippen LogP contribution in [-0.4, -0.2) is 34.6 Å². The molecule has 3 rings (SSSR count). The van der Waals surface area contributed by atoms with Gasteiger partial charge in [-0.15, -0.1) is 11.8 Å². The van der Waals surface area contributed by atoms with E-state index >= 15 is 0 Å². The van der Waals surface area contributed by atoms with E-state index in [1.807, 2.05) is 92.7 Å². The molecule has 0 radical (unpaired) electrons. The summed E-state index contributed by atoms with van der Waals surface area (Å²) in [7, 11) is 0. The van der Waals surface area contributed by atoms with E-state index in [-0.39, 0.29) is 17.9 Å². The highest BCUT2D eigenvalue weighted by Crippen LogP contribution is 2.23. The van der Waals surface area contributed by atoms with Crippen LogP contribution in [0.1, 0.15) is 44.2 Å². The van der Waals surface area contributed by atoms with Crippen LogP contribution in [0.25, 0.3) is 0 Å². The molecule has 0 spiro atoms. The van der Waals surface area contributed by atoms with E-state index in [9.17, 15) is 9.59 Å². The monoisotopic (exact) mass is 556 g/mol. The molecule has 0 heterocycles. The van der Waals surface area contributed by atoms with Crippen LogP contribution in [-0.2, 0) is 22.6 Å². The lowest BCUT2D eigenvalue weighted by atomic mass is 10.0. The Kier molecular flexibility index (Phi) is 11.8. The minimum atomic E-state index is -0.622. The van der Waals surface area contributed by atoms with Gasteiger partial charge < -0.3 is 10.2 Å². The second-order valence-corrected chi connectivity index (χ2v) is 11.1. The number of carbonyl (C=O) groups excluding carboxylic acids is 2. The maximum Gasteiger partial charge on any atom is 0.243 e. The SMILES string of the molecule is CC[C@H](C)NC(=O)[C@@H](Cc1ccccc1)N(Cc1ccc(Cl)cc1)C(=O)CCCSc1ccc(Cl)cc1. The predicted octanol–water partition coefficient (Wildman–Crippen LogP) is 7.42. The third-order valence-electron chi connectivity index (χ3n) is 6.16. The van der Waals surface area contributed by atoms with Gasteiger partial charge in [0, 0.05) is 40.4 Å². The normalized spacial score (nSPS) is 12.5. The van der Waals surface area contributed by atoms with E-state index < -0.39 is 6.04 Å². The lowest BCUT2D eigenvalue weighted by Crippen LogP contribution is -2.52. The van der Waals surface area contributed by atoms with Crippen LogP contribution in [0.15, 0.2) is 83.8 Å². The third kappa shape index (κ3) is 9.73. The quantitative estimate of drug-likeness (QED) is 0.176. The van der Waals surface area contributed by atoms with Crippen molar-refractivity contribution in [2.24, 2.45) is 0 Å². The molecule has 0 unspecified atom stereocenters. The van der Waals surface area contributed by atoms with Gasteiger partial charge in [-0.25, -0.2) is 0 Å². The second-order valence-electron chi connectivity index (χ2n) is 9.08. The molecule has 0 bridgehead atoms. The highest BCUT2D eigenvalue weighted by atomic mass is 35.5. The zero-order valence-corrected chi connectivity index (χ0v) is 23.7. The molecule has 0 saturated heterocycles. The molecule has 4 nitrogen and oxygen atoms in total. The van der Waals surface area contributed by atoms with Gasteiger partial charge in [-0.2, -0.15) is 0 Å². The molecule has 0 aliphatic rings. The minimum absolute atomic E-state index is 0.0223. The van der Waals surface area contributed by atoms with Crippen molar-refractivity contribution in [3.63, 3.8) is 0 Å². The summed E-state index contributed by atoms with van der Waals surface area (Å²) < 4.78 is 0. The molecular weight excluding hydrogens is 523 g/mol. The molecule has 196 valence electrons. The lowest BCUT2D eigenvalue weighted by molar-refractivity contribution is -0.141. The Labute approximate surface area is 234 Å². The highest BCUT2D eigenvalue weighted by molar-refractivity contribution is 7.99. The zero-order valence-electron chi connectivity index (χ0n) is 21.3. The Hall–Kier alpha value is -2.47. The van der Waals surface area contributed by atoms with Crippen molar-refractivity contribution in [2.75, 3.05) is 5.75 Å². The number of benzene rings is 3. The molecule has 3 aromatic carbocycles. The first kappa shape index (κ1) is 29.1. The van der Waals surface area contributed by atoms with Crippen LogP contribution in [0.4, 0.5) is 0 Å². The van der Waals surface area contributed by atoms with Gasteiger partial charge in [0.2, 0.25) is 11.8 Å². The average Bonchev–Trinajstić information content (AvgIpc) is 2.91. The Balaban J connectivity index is 1.78. The third-order valence-corrected chi connectivity index (χ3v) is 7.76. The summed E-state index contributed by atoms with van der Waals surface area (Å²) in [5, 5.41) is 4.45. The van der Waals surface area contributed by atoms with Crippen molar-refractivity contribution in [2.45, 2.75) is 63.1 Å². The maximum atomic E-state index is 13.7. The molecule has 2 amide bonds. The molecule has 7 heteroatoms. The van der Waals surface area contributed by atoms with Crippen molar-refractivity contribution in [3.05, 3.63) is 100 Å². The Morgan fingerprint density at radius 3 is 2.14 bits per heavy atom. The number of amides is 2. The van der Waals surface area contributed by atoms with E-state index in [1.54, 1.807) is 16.7 Å². The molecule has 3 aromatic rings. The van der Waals surface area contributed by atoms with E-state index in [4.69, 9.17) is 23.2 Å². The Morgan fingerprint density at radius 1 is 0.892 bits per heavy atom. The van der Waals surface area contributed by atoms with Crippen LogP contribution >= 0.6 is 35.0 Å². The summed E-state index contributed by atoms with van der Waals surface area (Å²) in [5.41, 5.74) is 1.95. The Bertz CT molecular complexity index is 1120. The van der Waals surface area contributed by atoms with Crippen LogP contribution < -0.4 is 5.32 Å². The van der Waals surface area contributed by atoms with Gasteiger partial charge >= 0.3 is 0 Å². The highest BCUT2D eigenvalue weighted by Gasteiger charge is 2.30. The van der Waals surface area contributed by atoms with Gasteiger partial charge in [0.15, 0.2) is 0 Å². The number of nitrogens with one attached hydrogen (secondary N) is 1. The first-order valence-electron chi connectivity index (χ1n) is 12.6. The van der Waals surface area contributed by atoms with Gasteiger partial charge in [0.05, 0.1) is 0 Å². The van der Waals surface area contributed by atoms with Crippen LogP contribution in [0.5, 0.6) is 0 Å². The van der Waals surface area contributed by atoms with Crippen molar-refractivity contribution < 1.29 is 9.59 Å². The molecular formula is C30H34Cl2N2O2S. The van der Waals surface area contributed by atoms with Crippen molar-refractivity contribution in [3.8, 4) is 0 Å². The summed E-state index contributed by atoms with van der Waals surface area (Å²) in [6, 6.07) is 24.4. The molecule has 2 atom stereocenters. The van der Waals surface area contributed by atoms with E-state index in [2.05, 4.69) is 5.32 Å². The fraction of sp³-hybridized carbons (Fsp3) is 0.333. The van der Waals surface area contributed by atoms with Gasteiger partial charge in [-0.3, -0.25) is 9.59 Å². The lowest BCUT2D eigenvalue weighted by Gasteiger charge is -2.32. The van der Waals surface area contributed by atoms with Crippen LogP contribution in [0, 0.1) is 0 Å². The first-order valence-corrected chi connectivity index (χ1v) is 14.4. The first-order chi connectivity index (χ1) is 17.9. The number of nitrogens with zero attached hydrogens (tertiary/aromatic N) is 1. The summed E-state index contributed by atoms with van der Waals surface area (Å²) in [6.45, 7) is 4.36. The molecule has 1 N–H and O–H groups in total. The molecule has 0 aromatic heterocycles. The zero-order chi connectivity index (χ0) is 26.6. The van der Waals surface area contributed by atoms with E-state index in [0.29, 0.717) is 35.9 Å². The van der Waals surface area contributed by atoms with E-state index in [0.717, 1.165) is 28.2 Å². The summed E-state index contributed by atoms with van der Waals surface area (Å²) in [6.07, 6.45) is 2.32. The average molecular weight is 558 g/mol. The van der Waals surface area contributed by atoms with Crippen LogP contribution in [0.3, 0.4) is 0 Å².